The van der Waals surface area contributed by atoms with E-state index in [1.165, 1.54) is 102 Å². The number of hydrogen-bond donors (Lipinski definition) is 0. The monoisotopic (exact) mass is 646 g/mol. The molecule has 0 amide bonds. The van der Waals surface area contributed by atoms with Crippen molar-refractivity contribution in [3.63, 3.8) is 0 Å². The first-order chi connectivity index (χ1) is 19.5. The highest BCUT2D eigenvalue weighted by atomic mass is 35.5. The van der Waals surface area contributed by atoms with Gasteiger partial charge in [-0.05, 0) is 59.7 Å². The first-order valence-corrected chi connectivity index (χ1v) is 19.1. The molecule has 214 valence electrons. The fourth-order valence-electron chi connectivity index (χ4n) is 5.88. The topological polar surface area (TPSA) is 0 Å². The van der Waals surface area contributed by atoms with E-state index in [9.17, 15) is 0 Å². The SMILES string of the molecule is CCCCC(CC)Cc1sc(-c2c3ccsc3c(-c3cc(Cl)c(CC(CC)CCCC)s3)c3ccsc23)cc1Cl. The van der Waals surface area contributed by atoms with E-state index in [1.807, 2.05) is 45.3 Å². The highest BCUT2D eigenvalue weighted by Crippen LogP contribution is 2.52. The minimum atomic E-state index is 0.710. The van der Waals surface area contributed by atoms with Gasteiger partial charge in [0.15, 0.2) is 0 Å². The minimum absolute atomic E-state index is 0.710. The van der Waals surface area contributed by atoms with Crippen LogP contribution in [0.5, 0.6) is 0 Å². The molecule has 0 saturated heterocycles. The van der Waals surface area contributed by atoms with Gasteiger partial charge in [0.2, 0.25) is 0 Å². The molecular formula is C34H40Cl2S4. The van der Waals surface area contributed by atoms with Gasteiger partial charge < -0.3 is 0 Å². The summed E-state index contributed by atoms with van der Waals surface area (Å²) in [5, 5.41) is 9.08. The van der Waals surface area contributed by atoms with Crippen LogP contribution in [0.4, 0.5) is 0 Å². The van der Waals surface area contributed by atoms with Crippen molar-refractivity contribution in [3.8, 4) is 20.9 Å². The minimum Gasteiger partial charge on any atom is -0.143 e. The predicted octanol–water partition coefficient (Wildman–Crippen LogP) is 14.4. The summed E-state index contributed by atoms with van der Waals surface area (Å²) in [5.41, 5.74) is 2.72. The summed E-state index contributed by atoms with van der Waals surface area (Å²) in [6.45, 7) is 9.21. The Hall–Kier alpha value is -0.880. The quantitative estimate of drug-likeness (QED) is 0.112. The van der Waals surface area contributed by atoms with Crippen molar-refractivity contribution >= 4 is 88.7 Å². The molecule has 5 aromatic rings. The molecule has 4 heterocycles. The van der Waals surface area contributed by atoms with E-state index in [4.69, 9.17) is 23.2 Å². The van der Waals surface area contributed by atoms with Gasteiger partial charge in [-0.25, -0.2) is 0 Å². The van der Waals surface area contributed by atoms with Gasteiger partial charge >= 0.3 is 0 Å². The Balaban J connectivity index is 1.56. The third kappa shape index (κ3) is 6.38. The maximum absolute atomic E-state index is 6.92. The lowest BCUT2D eigenvalue weighted by molar-refractivity contribution is 0.452. The van der Waals surface area contributed by atoms with E-state index < -0.39 is 0 Å². The summed E-state index contributed by atoms with van der Waals surface area (Å²) in [6.07, 6.45) is 12.3. The maximum Gasteiger partial charge on any atom is 0.0551 e. The van der Waals surface area contributed by atoms with Gasteiger partial charge in [0.25, 0.3) is 0 Å². The molecule has 40 heavy (non-hydrogen) atoms. The fraction of sp³-hybridized carbons (Fsp3) is 0.471. The van der Waals surface area contributed by atoms with Gasteiger partial charge in [-0.2, -0.15) is 0 Å². The van der Waals surface area contributed by atoms with Crippen LogP contribution in [0.25, 0.3) is 41.1 Å². The van der Waals surface area contributed by atoms with Gasteiger partial charge in [0, 0.05) is 50.8 Å². The summed E-state index contributed by atoms with van der Waals surface area (Å²) in [7, 11) is 0. The molecule has 5 rings (SSSR count). The highest BCUT2D eigenvalue weighted by molar-refractivity contribution is 7.22. The van der Waals surface area contributed by atoms with Crippen LogP contribution < -0.4 is 0 Å². The van der Waals surface area contributed by atoms with Gasteiger partial charge in [-0.15, -0.1) is 45.3 Å². The number of unbranched alkanes of at least 4 members (excludes halogenated alkanes) is 2. The van der Waals surface area contributed by atoms with Crippen molar-refractivity contribution in [1.82, 2.24) is 0 Å². The third-order valence-electron chi connectivity index (χ3n) is 8.37. The van der Waals surface area contributed by atoms with E-state index >= 15 is 0 Å². The molecule has 0 fully saturated rings. The summed E-state index contributed by atoms with van der Waals surface area (Å²) < 4.78 is 2.73. The van der Waals surface area contributed by atoms with Crippen LogP contribution in [0.2, 0.25) is 10.0 Å². The van der Waals surface area contributed by atoms with E-state index in [0.29, 0.717) is 11.8 Å². The lowest BCUT2D eigenvalue weighted by Crippen LogP contribution is -2.02. The standard InChI is InChI=1S/C34H40Cl2S4/c1-5-9-11-21(7-3)17-27-25(35)19-29(39-27)31-23-13-15-38-34(23)32(24-14-16-37-33(24)31)30-20-26(36)28(40-30)18-22(8-4)12-10-6-2/h13-16,19-22H,5-12,17-18H2,1-4H3. The molecule has 0 spiro atoms. The number of fused-ring (bicyclic) bond motifs is 2. The Morgan fingerprint density at radius 2 is 1.07 bits per heavy atom. The van der Waals surface area contributed by atoms with Crippen molar-refractivity contribution < 1.29 is 0 Å². The predicted molar refractivity (Wildman–Crippen MR) is 188 cm³/mol. The van der Waals surface area contributed by atoms with Crippen LogP contribution in [0.15, 0.2) is 35.0 Å². The molecule has 0 aliphatic carbocycles. The average Bonchev–Trinajstić information content (AvgIpc) is 3.75. The van der Waals surface area contributed by atoms with Crippen LogP contribution in [-0.4, -0.2) is 0 Å². The smallest absolute Gasteiger partial charge is 0.0551 e. The van der Waals surface area contributed by atoms with Crippen LogP contribution >= 0.6 is 68.5 Å². The molecule has 0 saturated carbocycles. The highest BCUT2D eigenvalue weighted by Gasteiger charge is 2.23. The van der Waals surface area contributed by atoms with Crippen LogP contribution in [-0.2, 0) is 12.8 Å². The molecule has 0 aliphatic rings. The van der Waals surface area contributed by atoms with Gasteiger partial charge in [0.05, 0.1) is 10.0 Å². The first kappa shape index (κ1) is 30.6. The van der Waals surface area contributed by atoms with E-state index in [2.05, 4.69) is 62.7 Å². The number of halogens is 2. The summed E-state index contributed by atoms with van der Waals surface area (Å²) in [5.74, 6) is 1.42. The average molecular weight is 648 g/mol. The van der Waals surface area contributed by atoms with Crippen LogP contribution in [0.3, 0.4) is 0 Å². The number of hydrogen-bond acceptors (Lipinski definition) is 4. The molecule has 2 atom stereocenters. The molecule has 4 aromatic heterocycles. The van der Waals surface area contributed by atoms with Gasteiger partial charge in [-0.1, -0.05) is 102 Å². The van der Waals surface area contributed by atoms with Crippen molar-refractivity contribution in [2.75, 3.05) is 0 Å². The second kappa shape index (κ2) is 14.1. The summed E-state index contributed by atoms with van der Waals surface area (Å²) in [6, 6.07) is 9.10. The van der Waals surface area contributed by atoms with Crippen molar-refractivity contribution in [2.24, 2.45) is 11.8 Å². The second-order valence-electron chi connectivity index (χ2n) is 11.1. The second-order valence-corrected chi connectivity index (χ2v) is 16.0. The lowest BCUT2D eigenvalue weighted by atomic mass is 9.95. The van der Waals surface area contributed by atoms with Crippen LogP contribution in [0.1, 0.15) is 88.8 Å². The summed E-state index contributed by atoms with van der Waals surface area (Å²) in [4.78, 5) is 5.30. The van der Waals surface area contributed by atoms with Crippen molar-refractivity contribution in [1.29, 1.82) is 0 Å². The van der Waals surface area contributed by atoms with Crippen molar-refractivity contribution in [2.45, 2.75) is 91.9 Å². The molecule has 6 heteroatoms. The van der Waals surface area contributed by atoms with Crippen LogP contribution in [0, 0.1) is 11.8 Å². The Bertz CT molecular complexity index is 1390. The first-order valence-electron chi connectivity index (χ1n) is 15.0. The number of rotatable bonds is 14. The van der Waals surface area contributed by atoms with E-state index in [1.54, 1.807) is 0 Å². The molecule has 2 unspecified atom stereocenters. The fourth-order valence-corrected chi connectivity index (χ4v) is 11.2. The number of thiophene rings is 4. The molecular weight excluding hydrogens is 608 g/mol. The molecule has 0 N–H and O–H groups in total. The lowest BCUT2D eigenvalue weighted by Gasteiger charge is -2.13. The third-order valence-corrected chi connectivity index (χ3v) is 13.5. The van der Waals surface area contributed by atoms with E-state index in [0.717, 1.165) is 22.9 Å². The normalized spacial score (nSPS) is 13.6. The zero-order valence-corrected chi connectivity index (χ0v) is 28.9. The van der Waals surface area contributed by atoms with E-state index in [-0.39, 0.29) is 0 Å². The maximum atomic E-state index is 6.92. The Morgan fingerprint density at radius 3 is 1.45 bits per heavy atom. The number of benzene rings is 1. The van der Waals surface area contributed by atoms with Crippen molar-refractivity contribution in [3.05, 3.63) is 54.8 Å². The summed E-state index contributed by atoms with van der Waals surface area (Å²) >= 11 is 21.4. The van der Waals surface area contributed by atoms with Gasteiger partial charge in [0.1, 0.15) is 0 Å². The molecule has 0 bridgehead atoms. The molecule has 1 aromatic carbocycles. The Kier molecular flexibility index (Phi) is 10.7. The molecule has 0 aliphatic heterocycles. The Morgan fingerprint density at radius 1 is 0.650 bits per heavy atom. The molecule has 0 radical (unpaired) electrons. The largest absolute Gasteiger partial charge is 0.143 e. The van der Waals surface area contributed by atoms with Gasteiger partial charge in [-0.3, -0.25) is 0 Å². The zero-order chi connectivity index (χ0) is 28.2. The molecule has 0 nitrogen and oxygen atoms in total. The Labute approximate surface area is 266 Å². The zero-order valence-electron chi connectivity index (χ0n) is 24.1.